The van der Waals surface area contributed by atoms with E-state index in [1.165, 1.54) is 0 Å². The molecule has 1 amide bonds. The Morgan fingerprint density at radius 2 is 2.33 bits per heavy atom. The molecule has 5 heteroatoms. The van der Waals surface area contributed by atoms with Crippen LogP contribution in [0.1, 0.15) is 12.1 Å². The van der Waals surface area contributed by atoms with Crippen LogP contribution in [0.25, 0.3) is 0 Å². The number of rotatable bonds is 1. The van der Waals surface area contributed by atoms with E-state index < -0.39 is 0 Å². The van der Waals surface area contributed by atoms with Gasteiger partial charge in [0.25, 0.3) is 0 Å². The molecule has 0 aromatic carbocycles. The van der Waals surface area contributed by atoms with Crippen LogP contribution in [0.4, 0.5) is 0 Å². The van der Waals surface area contributed by atoms with Gasteiger partial charge in [-0.05, 0) is 0 Å². The molecule has 0 aliphatic carbocycles. The van der Waals surface area contributed by atoms with Gasteiger partial charge in [-0.15, -0.1) is 0 Å². The Morgan fingerprint density at radius 1 is 1.42 bits per heavy atom. The van der Waals surface area contributed by atoms with Crippen LogP contribution in [0.3, 0.4) is 0 Å². The van der Waals surface area contributed by atoms with Crippen molar-refractivity contribution in [2.75, 3.05) is 0 Å². The average molecular weight is 162 g/mol. The number of hydrogen-bond donors (Lipinski definition) is 1. The Bertz CT molecular complexity index is 333. The van der Waals surface area contributed by atoms with E-state index in [0.717, 1.165) is 0 Å². The highest BCUT2D eigenvalue weighted by molar-refractivity contribution is 6.12. The lowest BCUT2D eigenvalue weighted by Crippen LogP contribution is -2.09. The minimum atomic E-state index is -0.101. The van der Waals surface area contributed by atoms with Crippen LogP contribution < -0.4 is 5.43 Å². The Kier molecular flexibility index (Phi) is 1.55. The van der Waals surface area contributed by atoms with Crippen molar-refractivity contribution in [2.45, 2.75) is 6.42 Å². The van der Waals surface area contributed by atoms with Gasteiger partial charge in [-0.25, -0.2) is 5.43 Å². The fourth-order valence-electron chi connectivity index (χ4n) is 0.957. The number of hydrazone groups is 1. The maximum Gasteiger partial charge on any atom is 0.246 e. The van der Waals surface area contributed by atoms with Crippen molar-refractivity contribution in [1.82, 2.24) is 15.4 Å². The van der Waals surface area contributed by atoms with Gasteiger partial charge in [-0.3, -0.25) is 14.8 Å². The van der Waals surface area contributed by atoms with Crippen LogP contribution in [0.15, 0.2) is 23.7 Å². The first-order chi connectivity index (χ1) is 5.86. The zero-order valence-electron chi connectivity index (χ0n) is 6.19. The van der Waals surface area contributed by atoms with Crippen molar-refractivity contribution in [2.24, 2.45) is 5.10 Å². The molecule has 0 saturated carbocycles. The van der Waals surface area contributed by atoms with Gasteiger partial charge in [0.05, 0.1) is 18.3 Å². The maximum atomic E-state index is 10.8. The van der Waals surface area contributed by atoms with Crippen molar-refractivity contribution < 1.29 is 4.79 Å². The molecule has 2 rings (SSSR count). The van der Waals surface area contributed by atoms with Crippen molar-refractivity contribution in [3.8, 4) is 0 Å². The molecule has 0 atom stereocenters. The van der Waals surface area contributed by atoms with E-state index in [9.17, 15) is 4.79 Å². The first kappa shape index (κ1) is 6.90. The van der Waals surface area contributed by atoms with Crippen molar-refractivity contribution >= 4 is 11.6 Å². The molecule has 1 aromatic heterocycles. The molecule has 5 nitrogen and oxygen atoms in total. The summed E-state index contributed by atoms with van der Waals surface area (Å²) < 4.78 is 0. The summed E-state index contributed by atoms with van der Waals surface area (Å²) in [7, 11) is 0. The quantitative estimate of drug-likeness (QED) is 0.616. The number of amides is 1. The lowest BCUT2D eigenvalue weighted by molar-refractivity contribution is -0.119. The highest BCUT2D eigenvalue weighted by Gasteiger charge is 2.16. The van der Waals surface area contributed by atoms with Gasteiger partial charge in [-0.2, -0.15) is 5.10 Å². The van der Waals surface area contributed by atoms with Crippen LogP contribution in [0.5, 0.6) is 0 Å². The molecule has 0 bridgehead atoms. The summed E-state index contributed by atoms with van der Waals surface area (Å²) in [6.45, 7) is 0. The van der Waals surface area contributed by atoms with E-state index in [0.29, 0.717) is 17.8 Å². The number of carbonyl (C=O) groups is 1. The second-order valence-corrected chi connectivity index (χ2v) is 2.36. The fourth-order valence-corrected chi connectivity index (χ4v) is 0.957. The SMILES string of the molecule is O=C1CC(c2cnccn2)=NN1. The highest BCUT2D eigenvalue weighted by Crippen LogP contribution is 2.03. The van der Waals surface area contributed by atoms with E-state index >= 15 is 0 Å². The average Bonchev–Trinajstić information content (AvgIpc) is 2.54. The molecule has 1 N–H and O–H groups in total. The summed E-state index contributed by atoms with van der Waals surface area (Å²) in [5.41, 5.74) is 3.64. The predicted octanol–water partition coefficient (Wildman–Crippen LogP) is -0.299. The second kappa shape index (κ2) is 2.69. The monoisotopic (exact) mass is 162 g/mol. The lowest BCUT2D eigenvalue weighted by atomic mass is 10.2. The zero-order chi connectivity index (χ0) is 8.39. The topological polar surface area (TPSA) is 67.2 Å². The Hall–Kier alpha value is -1.78. The number of nitrogens with one attached hydrogen (secondary N) is 1. The zero-order valence-corrected chi connectivity index (χ0v) is 6.19. The minimum absolute atomic E-state index is 0.101. The van der Waals surface area contributed by atoms with Crippen molar-refractivity contribution in [3.63, 3.8) is 0 Å². The van der Waals surface area contributed by atoms with Gasteiger partial charge < -0.3 is 0 Å². The van der Waals surface area contributed by atoms with E-state index in [4.69, 9.17) is 0 Å². The third-order valence-electron chi connectivity index (χ3n) is 1.50. The van der Waals surface area contributed by atoms with Crippen LogP contribution in [-0.2, 0) is 4.79 Å². The minimum Gasteiger partial charge on any atom is -0.273 e. The Balaban J connectivity index is 2.28. The third kappa shape index (κ3) is 1.16. The smallest absolute Gasteiger partial charge is 0.246 e. The predicted molar refractivity (Wildman–Crippen MR) is 41.3 cm³/mol. The molecule has 0 unspecified atom stereocenters. The molecule has 1 aliphatic rings. The largest absolute Gasteiger partial charge is 0.273 e. The first-order valence-electron chi connectivity index (χ1n) is 3.48. The van der Waals surface area contributed by atoms with Gasteiger partial charge in [0.1, 0.15) is 5.69 Å². The van der Waals surface area contributed by atoms with Gasteiger partial charge in [0.15, 0.2) is 0 Å². The van der Waals surface area contributed by atoms with Crippen LogP contribution in [-0.4, -0.2) is 21.6 Å². The summed E-state index contributed by atoms with van der Waals surface area (Å²) in [5.74, 6) is -0.101. The maximum absolute atomic E-state index is 10.8. The van der Waals surface area contributed by atoms with Gasteiger partial charge >= 0.3 is 0 Å². The van der Waals surface area contributed by atoms with Gasteiger partial charge in [0.2, 0.25) is 5.91 Å². The van der Waals surface area contributed by atoms with E-state index in [1.807, 2.05) is 0 Å². The summed E-state index contributed by atoms with van der Waals surface area (Å²) in [6, 6.07) is 0. The van der Waals surface area contributed by atoms with Gasteiger partial charge in [0, 0.05) is 12.4 Å². The molecule has 12 heavy (non-hydrogen) atoms. The molecule has 2 heterocycles. The van der Waals surface area contributed by atoms with Gasteiger partial charge in [-0.1, -0.05) is 0 Å². The summed E-state index contributed by atoms with van der Waals surface area (Å²) in [6.07, 6.45) is 5.02. The standard InChI is InChI=1S/C7H6N4O/c12-7-3-5(10-11-7)6-4-8-1-2-9-6/h1-2,4H,3H2,(H,11,12). The second-order valence-electron chi connectivity index (χ2n) is 2.36. The van der Waals surface area contributed by atoms with E-state index in [2.05, 4.69) is 20.5 Å². The van der Waals surface area contributed by atoms with Crippen LogP contribution in [0.2, 0.25) is 0 Å². The van der Waals surface area contributed by atoms with Crippen LogP contribution >= 0.6 is 0 Å². The molecule has 60 valence electrons. The molecule has 1 aromatic rings. The molecule has 0 saturated heterocycles. The summed E-state index contributed by atoms with van der Waals surface area (Å²) in [5, 5.41) is 3.80. The first-order valence-corrected chi connectivity index (χ1v) is 3.48. The van der Waals surface area contributed by atoms with E-state index in [-0.39, 0.29) is 5.91 Å². The molecular weight excluding hydrogens is 156 g/mol. The Labute approximate surface area is 68.5 Å². The fraction of sp³-hybridized carbons (Fsp3) is 0.143. The lowest BCUT2D eigenvalue weighted by Gasteiger charge is -1.93. The molecular formula is C7H6N4O. The van der Waals surface area contributed by atoms with E-state index in [1.54, 1.807) is 18.6 Å². The number of aromatic nitrogens is 2. The summed E-state index contributed by atoms with van der Waals surface area (Å²) >= 11 is 0. The number of hydrogen-bond acceptors (Lipinski definition) is 4. The molecule has 1 aliphatic heterocycles. The molecule has 0 spiro atoms. The van der Waals surface area contributed by atoms with Crippen molar-refractivity contribution in [1.29, 1.82) is 0 Å². The van der Waals surface area contributed by atoms with Crippen molar-refractivity contribution in [3.05, 3.63) is 24.3 Å². The summed E-state index contributed by atoms with van der Waals surface area (Å²) in [4.78, 5) is 18.6. The third-order valence-corrected chi connectivity index (χ3v) is 1.50. The number of nitrogens with zero attached hydrogens (tertiary/aromatic N) is 3. The molecule has 0 radical (unpaired) electrons. The normalized spacial score (nSPS) is 15.7. The highest BCUT2D eigenvalue weighted by atomic mass is 16.2. The Morgan fingerprint density at radius 3 is 2.92 bits per heavy atom. The van der Waals surface area contributed by atoms with Crippen LogP contribution in [0, 0.1) is 0 Å². The number of carbonyl (C=O) groups excluding carboxylic acids is 1. The molecule has 0 fully saturated rings.